The second-order valence-corrected chi connectivity index (χ2v) is 4.41. The average Bonchev–Trinajstić information content (AvgIpc) is 2.30. The van der Waals surface area contributed by atoms with E-state index in [1.807, 2.05) is 6.07 Å². The summed E-state index contributed by atoms with van der Waals surface area (Å²) in [5.41, 5.74) is 1.01. The third-order valence-corrected chi connectivity index (χ3v) is 3.07. The first-order valence-corrected chi connectivity index (χ1v) is 5.94. The second-order valence-electron chi connectivity index (χ2n) is 4.41. The van der Waals surface area contributed by atoms with Crippen LogP contribution in [0.25, 0.3) is 0 Å². The molecule has 0 amide bonds. The lowest BCUT2D eigenvalue weighted by molar-refractivity contribution is 0.466. The number of allylic oxidation sites excluding steroid dienone is 1. The minimum atomic E-state index is -0.162. The normalized spacial score (nSPS) is 22.0. The van der Waals surface area contributed by atoms with E-state index in [0.29, 0.717) is 6.04 Å². The molecule has 1 N–H and O–H groups in total. The van der Waals surface area contributed by atoms with Crippen LogP contribution in [-0.4, -0.2) is 6.04 Å². The summed E-state index contributed by atoms with van der Waals surface area (Å²) in [6, 6.07) is 7.45. The minimum Gasteiger partial charge on any atom is -0.304 e. The monoisotopic (exact) mass is 219 g/mol. The summed E-state index contributed by atoms with van der Waals surface area (Å²) in [5.74, 6) is -0.162. The van der Waals surface area contributed by atoms with Gasteiger partial charge in [0.1, 0.15) is 5.82 Å². The number of halogens is 1. The summed E-state index contributed by atoms with van der Waals surface area (Å²) >= 11 is 0. The Hall–Kier alpha value is -1.15. The predicted molar refractivity (Wildman–Crippen MR) is 64.7 cm³/mol. The molecule has 0 heterocycles. The largest absolute Gasteiger partial charge is 0.304 e. The highest BCUT2D eigenvalue weighted by Crippen LogP contribution is 2.17. The molecule has 16 heavy (non-hydrogen) atoms. The van der Waals surface area contributed by atoms with Gasteiger partial charge >= 0.3 is 0 Å². The smallest absolute Gasteiger partial charge is 0.123 e. The van der Waals surface area contributed by atoms with Crippen molar-refractivity contribution in [1.29, 1.82) is 0 Å². The third-order valence-electron chi connectivity index (χ3n) is 3.07. The van der Waals surface area contributed by atoms with Crippen molar-refractivity contribution in [2.24, 2.45) is 0 Å². The van der Waals surface area contributed by atoms with Crippen LogP contribution in [0.2, 0.25) is 0 Å². The van der Waals surface area contributed by atoms with Crippen LogP contribution in [0.1, 0.15) is 37.8 Å². The summed E-state index contributed by atoms with van der Waals surface area (Å²) in [4.78, 5) is 0. The lowest BCUT2D eigenvalue weighted by Crippen LogP contribution is -2.30. The van der Waals surface area contributed by atoms with Gasteiger partial charge in [-0.05, 0) is 43.9 Å². The van der Waals surface area contributed by atoms with Crippen LogP contribution in [0.5, 0.6) is 0 Å². The Kier molecular flexibility index (Phi) is 3.73. The highest BCUT2D eigenvalue weighted by atomic mass is 19.1. The van der Waals surface area contributed by atoms with E-state index in [1.54, 1.807) is 12.1 Å². The number of nitrogens with one attached hydrogen (secondary N) is 1. The topological polar surface area (TPSA) is 12.0 Å². The second kappa shape index (κ2) is 5.26. The van der Waals surface area contributed by atoms with Crippen molar-refractivity contribution in [3.63, 3.8) is 0 Å². The van der Waals surface area contributed by atoms with Crippen molar-refractivity contribution in [3.8, 4) is 0 Å². The zero-order valence-electron chi connectivity index (χ0n) is 9.62. The maximum atomic E-state index is 13.1. The van der Waals surface area contributed by atoms with Crippen LogP contribution < -0.4 is 5.32 Å². The molecule has 0 bridgehead atoms. The molecule has 1 nitrogen and oxygen atoms in total. The Morgan fingerprint density at radius 2 is 2.31 bits per heavy atom. The van der Waals surface area contributed by atoms with Crippen molar-refractivity contribution in [2.75, 3.05) is 0 Å². The molecule has 0 spiro atoms. The van der Waals surface area contributed by atoms with Gasteiger partial charge in [-0.25, -0.2) is 4.39 Å². The van der Waals surface area contributed by atoms with Gasteiger partial charge in [0, 0.05) is 12.1 Å². The van der Waals surface area contributed by atoms with E-state index >= 15 is 0 Å². The fourth-order valence-electron chi connectivity index (χ4n) is 2.14. The molecule has 1 aromatic carbocycles. The fraction of sp³-hybridized carbons (Fsp3) is 0.429. The molecular formula is C14H18FN. The highest BCUT2D eigenvalue weighted by Gasteiger charge is 2.12. The molecule has 0 saturated heterocycles. The zero-order chi connectivity index (χ0) is 11.4. The lowest BCUT2D eigenvalue weighted by atomic mass is 10.0. The van der Waals surface area contributed by atoms with E-state index in [-0.39, 0.29) is 11.9 Å². The van der Waals surface area contributed by atoms with Crippen LogP contribution in [0, 0.1) is 5.82 Å². The molecule has 0 saturated carbocycles. The van der Waals surface area contributed by atoms with Gasteiger partial charge in [-0.3, -0.25) is 0 Å². The molecule has 0 radical (unpaired) electrons. The van der Waals surface area contributed by atoms with Gasteiger partial charge in [-0.15, -0.1) is 0 Å². The lowest BCUT2D eigenvalue weighted by Gasteiger charge is -2.23. The molecule has 1 unspecified atom stereocenters. The van der Waals surface area contributed by atoms with E-state index < -0.39 is 0 Å². The van der Waals surface area contributed by atoms with Crippen LogP contribution in [0.15, 0.2) is 36.4 Å². The predicted octanol–water partition coefficient (Wildman–Crippen LogP) is 3.59. The first-order valence-electron chi connectivity index (χ1n) is 5.94. The van der Waals surface area contributed by atoms with Gasteiger partial charge in [0.15, 0.2) is 0 Å². The molecule has 2 atom stereocenters. The fourth-order valence-corrected chi connectivity index (χ4v) is 2.14. The van der Waals surface area contributed by atoms with E-state index in [2.05, 4.69) is 24.4 Å². The molecule has 2 heteroatoms. The quantitative estimate of drug-likeness (QED) is 0.766. The third kappa shape index (κ3) is 2.92. The van der Waals surface area contributed by atoms with Crippen LogP contribution in [-0.2, 0) is 0 Å². The van der Waals surface area contributed by atoms with Gasteiger partial charge in [0.05, 0.1) is 0 Å². The maximum absolute atomic E-state index is 13.1. The molecule has 1 aliphatic rings. The molecule has 86 valence electrons. The van der Waals surface area contributed by atoms with Crippen molar-refractivity contribution in [2.45, 2.75) is 38.3 Å². The molecule has 0 aliphatic heterocycles. The zero-order valence-corrected chi connectivity index (χ0v) is 9.62. The Labute approximate surface area is 96.4 Å². The molecule has 0 aromatic heterocycles. The summed E-state index contributed by atoms with van der Waals surface area (Å²) in [6.07, 6.45) is 8.05. The van der Waals surface area contributed by atoms with Gasteiger partial charge in [0.25, 0.3) is 0 Å². The van der Waals surface area contributed by atoms with E-state index in [1.165, 1.54) is 25.3 Å². The summed E-state index contributed by atoms with van der Waals surface area (Å²) in [6.45, 7) is 2.08. The van der Waals surface area contributed by atoms with Gasteiger partial charge in [0.2, 0.25) is 0 Å². The Bertz CT molecular complexity index is 373. The Morgan fingerprint density at radius 3 is 3.00 bits per heavy atom. The molecule has 1 aliphatic carbocycles. The Morgan fingerprint density at radius 1 is 1.44 bits per heavy atom. The van der Waals surface area contributed by atoms with Crippen molar-refractivity contribution in [3.05, 3.63) is 47.8 Å². The van der Waals surface area contributed by atoms with Crippen LogP contribution in [0.3, 0.4) is 0 Å². The molecule has 1 aromatic rings. The van der Waals surface area contributed by atoms with Gasteiger partial charge < -0.3 is 5.32 Å². The molecule has 0 fully saturated rings. The van der Waals surface area contributed by atoms with Crippen LogP contribution in [0.4, 0.5) is 4.39 Å². The first kappa shape index (κ1) is 11.3. The number of rotatable bonds is 3. The van der Waals surface area contributed by atoms with Crippen molar-refractivity contribution >= 4 is 0 Å². The summed E-state index contributed by atoms with van der Waals surface area (Å²) in [7, 11) is 0. The van der Waals surface area contributed by atoms with Gasteiger partial charge in [-0.2, -0.15) is 0 Å². The van der Waals surface area contributed by atoms with E-state index in [0.717, 1.165) is 5.56 Å². The highest BCUT2D eigenvalue weighted by molar-refractivity contribution is 5.20. The standard InChI is InChI=1S/C14H18FN/c1-11(12-6-5-7-13(15)10-12)16-14-8-3-2-4-9-14/h3,5-8,10-11,14,16H,2,4,9H2,1H3/t11-,14?/m0/s1. The summed E-state index contributed by atoms with van der Waals surface area (Å²) in [5, 5.41) is 3.51. The van der Waals surface area contributed by atoms with Crippen molar-refractivity contribution in [1.82, 2.24) is 5.32 Å². The van der Waals surface area contributed by atoms with Gasteiger partial charge in [-0.1, -0.05) is 24.3 Å². The number of hydrogen-bond donors (Lipinski definition) is 1. The molecule has 2 rings (SSSR count). The average molecular weight is 219 g/mol. The first-order chi connectivity index (χ1) is 7.75. The SMILES string of the molecule is C[C@H](NC1C=CCCC1)c1cccc(F)c1. The Balaban J connectivity index is 1.99. The van der Waals surface area contributed by atoms with Crippen molar-refractivity contribution < 1.29 is 4.39 Å². The van der Waals surface area contributed by atoms with E-state index in [9.17, 15) is 4.39 Å². The summed E-state index contributed by atoms with van der Waals surface area (Å²) < 4.78 is 13.1. The number of benzene rings is 1. The minimum absolute atomic E-state index is 0.162. The maximum Gasteiger partial charge on any atom is 0.123 e. The van der Waals surface area contributed by atoms with E-state index in [4.69, 9.17) is 0 Å². The number of hydrogen-bond acceptors (Lipinski definition) is 1. The molecular weight excluding hydrogens is 201 g/mol. The van der Waals surface area contributed by atoms with Crippen LogP contribution >= 0.6 is 0 Å².